The molecular weight excluding hydrogens is 278 g/mol. The van der Waals surface area contributed by atoms with Gasteiger partial charge in [-0.1, -0.05) is 46.0 Å². The quantitative estimate of drug-likeness (QED) is 0.603. The summed E-state index contributed by atoms with van der Waals surface area (Å²) in [6.07, 6.45) is 15.3. The highest BCUT2D eigenvalue weighted by molar-refractivity contribution is 5.05. The van der Waals surface area contributed by atoms with Gasteiger partial charge in [0.15, 0.2) is 0 Å². The fraction of sp³-hybridized carbons (Fsp3) is 1.00. The zero-order chi connectivity index (χ0) is 16.0. The standard InChI is InChI=1S/C22H39N/c1-4-14(2)19-9-6-10-20(22-15(3)23-22)21(19)13-18-12-17(18)11-16-7-5-8-16/h14-23H,4-13H2,1-3H3. The Balaban J connectivity index is 1.38. The Morgan fingerprint density at radius 2 is 1.70 bits per heavy atom. The van der Waals surface area contributed by atoms with Gasteiger partial charge >= 0.3 is 0 Å². The van der Waals surface area contributed by atoms with Gasteiger partial charge in [-0.25, -0.2) is 0 Å². The predicted octanol–water partition coefficient (Wildman–Crippen LogP) is 5.64. The summed E-state index contributed by atoms with van der Waals surface area (Å²) in [5.74, 6) is 7.38. The van der Waals surface area contributed by atoms with E-state index in [1.54, 1.807) is 32.1 Å². The van der Waals surface area contributed by atoms with E-state index in [4.69, 9.17) is 0 Å². The largest absolute Gasteiger partial charge is 0.308 e. The summed E-state index contributed by atoms with van der Waals surface area (Å²) in [6.45, 7) is 7.37. The third-order valence-corrected chi connectivity index (χ3v) is 8.40. The molecule has 1 heterocycles. The summed E-state index contributed by atoms with van der Waals surface area (Å²) in [5.41, 5.74) is 0. The van der Waals surface area contributed by atoms with Crippen molar-refractivity contribution in [2.45, 2.75) is 97.1 Å². The maximum Gasteiger partial charge on any atom is 0.0252 e. The van der Waals surface area contributed by atoms with E-state index < -0.39 is 0 Å². The van der Waals surface area contributed by atoms with Gasteiger partial charge in [-0.15, -0.1) is 0 Å². The molecule has 132 valence electrons. The third kappa shape index (κ3) is 3.51. The SMILES string of the molecule is CCC(C)C1CCCC(C2NC2C)C1CC1CC1CC1CCC1. The van der Waals surface area contributed by atoms with Crippen LogP contribution in [0.2, 0.25) is 0 Å². The lowest BCUT2D eigenvalue weighted by molar-refractivity contribution is 0.0872. The van der Waals surface area contributed by atoms with Crippen molar-refractivity contribution >= 4 is 0 Å². The van der Waals surface area contributed by atoms with Crippen LogP contribution in [0.3, 0.4) is 0 Å². The lowest BCUT2D eigenvalue weighted by atomic mass is 9.63. The molecule has 1 heteroatoms. The Hall–Kier alpha value is -0.0400. The molecule has 4 aliphatic rings. The van der Waals surface area contributed by atoms with Gasteiger partial charge in [0.2, 0.25) is 0 Å². The summed E-state index contributed by atoms with van der Waals surface area (Å²) in [6, 6.07) is 1.68. The molecule has 3 saturated carbocycles. The second-order valence-corrected chi connectivity index (χ2v) is 9.81. The molecule has 8 atom stereocenters. The second kappa shape index (κ2) is 6.70. The van der Waals surface area contributed by atoms with Crippen LogP contribution >= 0.6 is 0 Å². The van der Waals surface area contributed by atoms with Gasteiger partial charge in [0.05, 0.1) is 0 Å². The zero-order valence-electron chi connectivity index (χ0n) is 15.8. The molecule has 1 nitrogen and oxygen atoms in total. The molecule has 0 bridgehead atoms. The van der Waals surface area contributed by atoms with Crippen molar-refractivity contribution in [2.75, 3.05) is 0 Å². The van der Waals surface area contributed by atoms with Gasteiger partial charge in [-0.3, -0.25) is 0 Å². The molecule has 4 rings (SSSR count). The summed E-state index contributed by atoms with van der Waals surface area (Å²) in [4.78, 5) is 0. The molecule has 0 amide bonds. The fourth-order valence-corrected chi connectivity index (χ4v) is 6.28. The summed E-state index contributed by atoms with van der Waals surface area (Å²) in [7, 11) is 0. The number of hydrogen-bond donors (Lipinski definition) is 1. The lowest BCUT2D eigenvalue weighted by Gasteiger charge is -2.42. The average molecular weight is 318 g/mol. The molecule has 4 fully saturated rings. The van der Waals surface area contributed by atoms with E-state index in [9.17, 15) is 0 Å². The number of rotatable bonds is 7. The molecule has 0 spiro atoms. The van der Waals surface area contributed by atoms with Gasteiger partial charge in [-0.05, 0) is 80.5 Å². The molecule has 0 radical (unpaired) electrons. The molecule has 23 heavy (non-hydrogen) atoms. The average Bonchev–Trinajstić information content (AvgIpc) is 3.41. The minimum atomic E-state index is 0.808. The van der Waals surface area contributed by atoms with Gasteiger partial charge in [0.1, 0.15) is 0 Å². The maximum atomic E-state index is 3.76. The van der Waals surface area contributed by atoms with Crippen LogP contribution in [-0.2, 0) is 0 Å². The molecule has 1 N–H and O–H groups in total. The van der Waals surface area contributed by atoms with Crippen LogP contribution in [0.15, 0.2) is 0 Å². The van der Waals surface area contributed by atoms with Crippen LogP contribution < -0.4 is 5.32 Å². The smallest absolute Gasteiger partial charge is 0.0252 e. The Bertz CT molecular complexity index is 389. The van der Waals surface area contributed by atoms with Crippen molar-refractivity contribution in [3.63, 3.8) is 0 Å². The highest BCUT2D eigenvalue weighted by atomic mass is 15.1. The highest BCUT2D eigenvalue weighted by Crippen LogP contribution is 2.55. The van der Waals surface area contributed by atoms with Crippen molar-refractivity contribution in [2.24, 2.45) is 41.4 Å². The van der Waals surface area contributed by atoms with Crippen LogP contribution in [-0.4, -0.2) is 12.1 Å². The van der Waals surface area contributed by atoms with Gasteiger partial charge < -0.3 is 5.32 Å². The molecule has 0 aromatic rings. The normalized spacial score (nSPS) is 47.9. The van der Waals surface area contributed by atoms with Crippen molar-refractivity contribution in [1.29, 1.82) is 0 Å². The van der Waals surface area contributed by atoms with E-state index >= 15 is 0 Å². The molecule has 3 aliphatic carbocycles. The van der Waals surface area contributed by atoms with Crippen LogP contribution in [0.4, 0.5) is 0 Å². The first-order valence-electron chi connectivity index (χ1n) is 10.9. The second-order valence-electron chi connectivity index (χ2n) is 9.81. The molecule has 8 unspecified atom stereocenters. The Morgan fingerprint density at radius 1 is 1.00 bits per heavy atom. The van der Waals surface area contributed by atoms with Crippen molar-refractivity contribution in [3.8, 4) is 0 Å². The van der Waals surface area contributed by atoms with E-state index in [-0.39, 0.29) is 0 Å². The molecule has 1 aliphatic heterocycles. The van der Waals surface area contributed by atoms with Gasteiger partial charge in [0.25, 0.3) is 0 Å². The first-order valence-corrected chi connectivity index (χ1v) is 10.9. The highest BCUT2D eigenvalue weighted by Gasteiger charge is 2.50. The maximum absolute atomic E-state index is 3.76. The van der Waals surface area contributed by atoms with E-state index in [0.29, 0.717) is 0 Å². The lowest BCUT2D eigenvalue weighted by Crippen LogP contribution is -2.36. The van der Waals surface area contributed by atoms with E-state index in [2.05, 4.69) is 26.1 Å². The zero-order valence-corrected chi connectivity index (χ0v) is 15.8. The molecule has 0 aromatic carbocycles. The Morgan fingerprint density at radius 3 is 2.30 bits per heavy atom. The summed E-state index contributed by atoms with van der Waals surface area (Å²) < 4.78 is 0. The molecule has 0 aromatic heterocycles. The van der Waals surface area contributed by atoms with Crippen LogP contribution in [0.5, 0.6) is 0 Å². The van der Waals surface area contributed by atoms with Crippen LogP contribution in [0, 0.1) is 41.4 Å². The fourth-order valence-electron chi connectivity index (χ4n) is 6.28. The summed E-state index contributed by atoms with van der Waals surface area (Å²) >= 11 is 0. The van der Waals surface area contributed by atoms with Crippen molar-refractivity contribution < 1.29 is 0 Å². The van der Waals surface area contributed by atoms with E-state index in [0.717, 1.165) is 53.5 Å². The van der Waals surface area contributed by atoms with Gasteiger partial charge in [0, 0.05) is 12.1 Å². The minimum absolute atomic E-state index is 0.808. The monoisotopic (exact) mass is 317 g/mol. The van der Waals surface area contributed by atoms with Crippen molar-refractivity contribution in [3.05, 3.63) is 0 Å². The van der Waals surface area contributed by atoms with Crippen molar-refractivity contribution in [1.82, 2.24) is 5.32 Å². The Kier molecular flexibility index (Phi) is 4.78. The number of nitrogens with one attached hydrogen (secondary N) is 1. The molecular formula is C22H39N. The Labute approximate surface area is 144 Å². The number of hydrogen-bond acceptors (Lipinski definition) is 1. The van der Waals surface area contributed by atoms with Crippen LogP contribution in [0.25, 0.3) is 0 Å². The van der Waals surface area contributed by atoms with Gasteiger partial charge in [-0.2, -0.15) is 0 Å². The first-order chi connectivity index (χ1) is 11.2. The summed E-state index contributed by atoms with van der Waals surface area (Å²) in [5, 5.41) is 3.76. The molecule has 1 saturated heterocycles. The van der Waals surface area contributed by atoms with E-state index in [1.165, 1.54) is 32.1 Å². The van der Waals surface area contributed by atoms with E-state index in [1.807, 2.05) is 0 Å². The third-order valence-electron chi connectivity index (χ3n) is 8.40. The topological polar surface area (TPSA) is 21.9 Å². The first kappa shape index (κ1) is 16.4. The predicted molar refractivity (Wildman–Crippen MR) is 98.3 cm³/mol. The van der Waals surface area contributed by atoms with Crippen LogP contribution in [0.1, 0.15) is 85.0 Å². The minimum Gasteiger partial charge on any atom is -0.308 e.